The molecule has 0 aromatic heterocycles. The number of rotatable bonds is 2. The number of hydrogen-bond acceptors (Lipinski definition) is 2. The molecule has 0 fully saturated rings. The molecule has 0 saturated heterocycles. The van der Waals surface area contributed by atoms with Gasteiger partial charge in [0.15, 0.2) is 6.10 Å². The Balaban J connectivity index is 0.00000324. The van der Waals surface area contributed by atoms with Gasteiger partial charge in [-0.3, -0.25) is 0 Å². The van der Waals surface area contributed by atoms with E-state index in [9.17, 15) is 13.2 Å². The molecular formula is C13H19ClF3NO. The average Bonchev–Trinajstić information content (AvgIpc) is 2.25. The summed E-state index contributed by atoms with van der Waals surface area (Å²) >= 11 is 0. The summed E-state index contributed by atoms with van der Waals surface area (Å²) in [5.41, 5.74) is 6.61. The topological polar surface area (TPSA) is 46.2 Å². The molecule has 0 aliphatic carbocycles. The molecule has 0 spiro atoms. The summed E-state index contributed by atoms with van der Waals surface area (Å²) in [5.74, 6) is 0. The number of alkyl halides is 3. The number of aliphatic hydroxyl groups is 1. The van der Waals surface area contributed by atoms with E-state index in [0.29, 0.717) is 0 Å². The summed E-state index contributed by atoms with van der Waals surface area (Å²) in [4.78, 5) is 0. The molecule has 0 radical (unpaired) electrons. The summed E-state index contributed by atoms with van der Waals surface area (Å²) < 4.78 is 37.0. The first kappa shape index (κ1) is 18.2. The molecular weight excluding hydrogens is 279 g/mol. The second-order valence-corrected chi connectivity index (χ2v) is 5.38. The SMILES string of the molecule is CC(C)(C)c1ccc([C@@H](N)[C@@H](O)C(F)(F)F)cc1.Cl. The number of aliphatic hydroxyl groups excluding tert-OH is 1. The van der Waals surface area contributed by atoms with E-state index in [-0.39, 0.29) is 23.4 Å². The van der Waals surface area contributed by atoms with Crippen LogP contribution in [0.25, 0.3) is 0 Å². The minimum absolute atomic E-state index is 0. The third kappa shape index (κ3) is 4.67. The van der Waals surface area contributed by atoms with E-state index in [4.69, 9.17) is 10.8 Å². The highest BCUT2D eigenvalue weighted by molar-refractivity contribution is 5.85. The van der Waals surface area contributed by atoms with Gasteiger partial charge in [-0.15, -0.1) is 12.4 Å². The van der Waals surface area contributed by atoms with Crippen LogP contribution in [0.4, 0.5) is 13.2 Å². The molecule has 1 aromatic carbocycles. The molecule has 2 nitrogen and oxygen atoms in total. The summed E-state index contributed by atoms with van der Waals surface area (Å²) in [5, 5.41) is 9.09. The Morgan fingerprint density at radius 1 is 1.05 bits per heavy atom. The lowest BCUT2D eigenvalue weighted by Gasteiger charge is -2.23. The van der Waals surface area contributed by atoms with E-state index in [2.05, 4.69) is 0 Å². The maximum Gasteiger partial charge on any atom is 0.416 e. The first-order valence-electron chi connectivity index (χ1n) is 5.64. The zero-order chi connectivity index (χ0) is 14.1. The van der Waals surface area contributed by atoms with Crippen LogP contribution in [-0.4, -0.2) is 17.4 Å². The van der Waals surface area contributed by atoms with Crippen LogP contribution >= 0.6 is 12.4 Å². The summed E-state index contributed by atoms with van der Waals surface area (Å²) in [6, 6.07) is 5.07. The van der Waals surface area contributed by atoms with E-state index in [1.54, 1.807) is 12.1 Å². The molecule has 0 saturated carbocycles. The van der Waals surface area contributed by atoms with Gasteiger partial charge in [0.25, 0.3) is 0 Å². The first-order valence-corrected chi connectivity index (χ1v) is 5.64. The van der Waals surface area contributed by atoms with Gasteiger partial charge in [-0.05, 0) is 16.5 Å². The molecule has 0 bridgehead atoms. The van der Waals surface area contributed by atoms with Crippen molar-refractivity contribution in [2.75, 3.05) is 0 Å². The molecule has 0 aliphatic rings. The Kier molecular flexibility index (Phi) is 5.86. The Labute approximate surface area is 117 Å². The van der Waals surface area contributed by atoms with Crippen molar-refractivity contribution in [3.63, 3.8) is 0 Å². The lowest BCUT2D eigenvalue weighted by atomic mass is 9.86. The highest BCUT2D eigenvalue weighted by Crippen LogP contribution is 2.30. The smallest absolute Gasteiger partial charge is 0.382 e. The number of nitrogens with two attached hydrogens (primary N) is 1. The Morgan fingerprint density at radius 3 is 1.79 bits per heavy atom. The predicted octanol–water partition coefficient (Wildman–Crippen LogP) is 3.33. The third-order valence-electron chi connectivity index (χ3n) is 2.84. The fraction of sp³-hybridized carbons (Fsp3) is 0.538. The molecule has 1 rings (SSSR count). The lowest BCUT2D eigenvalue weighted by molar-refractivity contribution is -0.210. The van der Waals surface area contributed by atoms with Crippen molar-refractivity contribution in [2.24, 2.45) is 5.73 Å². The maximum atomic E-state index is 12.3. The minimum Gasteiger partial charge on any atom is -0.382 e. The number of hydrogen-bond donors (Lipinski definition) is 2. The second kappa shape index (κ2) is 6.11. The van der Waals surface area contributed by atoms with Gasteiger partial charge in [0.1, 0.15) is 0 Å². The molecule has 3 N–H and O–H groups in total. The minimum atomic E-state index is -4.71. The van der Waals surface area contributed by atoms with Crippen LogP contribution in [0, 0.1) is 0 Å². The lowest BCUT2D eigenvalue weighted by Crippen LogP contribution is -2.38. The van der Waals surface area contributed by atoms with Gasteiger partial charge < -0.3 is 10.8 Å². The van der Waals surface area contributed by atoms with E-state index in [1.807, 2.05) is 20.8 Å². The van der Waals surface area contributed by atoms with Gasteiger partial charge in [0, 0.05) is 0 Å². The van der Waals surface area contributed by atoms with Crippen LogP contribution in [0.3, 0.4) is 0 Å². The van der Waals surface area contributed by atoms with Gasteiger partial charge in [0.2, 0.25) is 0 Å². The van der Waals surface area contributed by atoms with Crippen molar-refractivity contribution >= 4 is 12.4 Å². The largest absolute Gasteiger partial charge is 0.416 e. The fourth-order valence-corrected chi connectivity index (χ4v) is 1.59. The van der Waals surface area contributed by atoms with Gasteiger partial charge in [-0.2, -0.15) is 13.2 Å². The normalized spacial score (nSPS) is 15.6. The Bertz CT molecular complexity index is 398. The van der Waals surface area contributed by atoms with Gasteiger partial charge in [0.05, 0.1) is 6.04 Å². The summed E-state index contributed by atoms with van der Waals surface area (Å²) in [6.45, 7) is 6.02. The van der Waals surface area contributed by atoms with E-state index in [0.717, 1.165) is 5.56 Å². The highest BCUT2D eigenvalue weighted by Gasteiger charge is 2.42. The molecule has 0 heterocycles. The van der Waals surface area contributed by atoms with Crippen LogP contribution in [0.15, 0.2) is 24.3 Å². The number of halogens is 4. The van der Waals surface area contributed by atoms with Crippen molar-refractivity contribution in [1.82, 2.24) is 0 Å². The van der Waals surface area contributed by atoms with Crippen molar-refractivity contribution < 1.29 is 18.3 Å². The molecule has 0 amide bonds. The van der Waals surface area contributed by atoms with E-state index in [1.165, 1.54) is 12.1 Å². The van der Waals surface area contributed by atoms with Gasteiger partial charge in [-0.25, -0.2) is 0 Å². The zero-order valence-electron chi connectivity index (χ0n) is 11.0. The molecule has 19 heavy (non-hydrogen) atoms. The quantitative estimate of drug-likeness (QED) is 0.879. The zero-order valence-corrected chi connectivity index (χ0v) is 11.8. The first-order chi connectivity index (χ1) is 8.03. The summed E-state index contributed by atoms with van der Waals surface area (Å²) in [7, 11) is 0. The van der Waals surface area contributed by atoms with E-state index < -0.39 is 18.3 Å². The maximum absolute atomic E-state index is 12.3. The van der Waals surface area contributed by atoms with Crippen molar-refractivity contribution in [2.45, 2.75) is 44.5 Å². The van der Waals surface area contributed by atoms with Crippen LogP contribution < -0.4 is 5.73 Å². The van der Waals surface area contributed by atoms with Crippen LogP contribution in [-0.2, 0) is 5.41 Å². The van der Waals surface area contributed by atoms with Crippen molar-refractivity contribution in [1.29, 1.82) is 0 Å². The molecule has 2 atom stereocenters. The second-order valence-electron chi connectivity index (χ2n) is 5.38. The molecule has 6 heteroatoms. The molecule has 110 valence electrons. The Morgan fingerprint density at radius 2 is 1.47 bits per heavy atom. The van der Waals surface area contributed by atoms with Crippen LogP contribution in [0.2, 0.25) is 0 Å². The molecule has 0 unspecified atom stereocenters. The van der Waals surface area contributed by atoms with E-state index >= 15 is 0 Å². The van der Waals surface area contributed by atoms with Crippen LogP contribution in [0.1, 0.15) is 37.9 Å². The van der Waals surface area contributed by atoms with Crippen LogP contribution in [0.5, 0.6) is 0 Å². The predicted molar refractivity (Wildman–Crippen MR) is 71.4 cm³/mol. The molecule has 0 aliphatic heterocycles. The molecule has 1 aromatic rings. The Hall–Kier alpha value is -0.780. The monoisotopic (exact) mass is 297 g/mol. The average molecular weight is 298 g/mol. The van der Waals surface area contributed by atoms with Crippen molar-refractivity contribution in [3.05, 3.63) is 35.4 Å². The number of benzene rings is 1. The van der Waals surface area contributed by atoms with Gasteiger partial charge in [-0.1, -0.05) is 45.0 Å². The standard InChI is InChI=1S/C13H18F3NO.ClH/c1-12(2,3)9-6-4-8(5-7-9)10(17)11(18)13(14,15)16;/h4-7,10-11,18H,17H2,1-3H3;1H/t10-,11-;/m1./s1. The highest BCUT2D eigenvalue weighted by atomic mass is 35.5. The third-order valence-corrected chi connectivity index (χ3v) is 2.84. The fourth-order valence-electron chi connectivity index (χ4n) is 1.59. The summed E-state index contributed by atoms with van der Waals surface area (Å²) in [6.07, 6.45) is -7.25. The van der Waals surface area contributed by atoms with Crippen molar-refractivity contribution in [3.8, 4) is 0 Å². The van der Waals surface area contributed by atoms with Gasteiger partial charge >= 0.3 is 6.18 Å².